The molecule has 3 rings (SSSR count). The van der Waals surface area contributed by atoms with Crippen molar-refractivity contribution >= 4 is 17.7 Å². The van der Waals surface area contributed by atoms with E-state index >= 15 is 0 Å². The van der Waals surface area contributed by atoms with Crippen LogP contribution >= 0.6 is 0 Å². The molecule has 2 aromatic rings. The number of carbonyl (C=O) groups is 3. The molecule has 0 unspecified atom stereocenters. The summed E-state index contributed by atoms with van der Waals surface area (Å²) in [4.78, 5) is 36.8. The fraction of sp³-hybridized carbons (Fsp3) is 0.348. The Bertz CT molecular complexity index is 959. The molecule has 0 spiro atoms. The summed E-state index contributed by atoms with van der Waals surface area (Å²) in [5.74, 6) is -0.417. The third kappa shape index (κ3) is 4.97. The highest BCUT2D eigenvalue weighted by Gasteiger charge is 2.22. The molecule has 30 heavy (non-hydrogen) atoms. The van der Waals surface area contributed by atoms with Gasteiger partial charge in [-0.15, -0.1) is 0 Å². The summed E-state index contributed by atoms with van der Waals surface area (Å²) in [5, 5.41) is 2.48. The van der Waals surface area contributed by atoms with Gasteiger partial charge < -0.3 is 19.5 Å². The predicted molar refractivity (Wildman–Crippen MR) is 110 cm³/mol. The lowest BCUT2D eigenvalue weighted by molar-refractivity contribution is -0.145. The summed E-state index contributed by atoms with van der Waals surface area (Å²) in [6.07, 6.45) is -0.958. The molecule has 1 N–H and O–H groups in total. The van der Waals surface area contributed by atoms with E-state index in [-0.39, 0.29) is 24.5 Å². The molecule has 0 radical (unpaired) electrons. The molecule has 1 aliphatic heterocycles. The van der Waals surface area contributed by atoms with E-state index in [1.54, 1.807) is 24.3 Å². The number of benzene rings is 2. The summed E-state index contributed by atoms with van der Waals surface area (Å²) in [5.41, 5.74) is 1.88. The maximum absolute atomic E-state index is 12.5. The van der Waals surface area contributed by atoms with Crippen LogP contribution in [0.4, 0.5) is 0 Å². The lowest BCUT2D eigenvalue weighted by atomic mass is 9.86. The zero-order valence-electron chi connectivity index (χ0n) is 17.5. The van der Waals surface area contributed by atoms with Crippen molar-refractivity contribution in [1.29, 1.82) is 0 Å². The number of nitrogens with one attached hydrogen (secondary N) is 1. The molecule has 7 heteroatoms. The molecule has 0 bridgehead atoms. The molecule has 0 saturated heterocycles. The second kappa shape index (κ2) is 8.57. The fourth-order valence-corrected chi connectivity index (χ4v) is 2.95. The van der Waals surface area contributed by atoms with Gasteiger partial charge >= 0.3 is 5.97 Å². The Morgan fingerprint density at radius 1 is 1.00 bits per heavy atom. The second-order valence-electron chi connectivity index (χ2n) is 8.07. The topological polar surface area (TPSA) is 90.9 Å². The van der Waals surface area contributed by atoms with Gasteiger partial charge in [-0.05, 0) is 36.1 Å². The number of amides is 1. The van der Waals surface area contributed by atoms with Gasteiger partial charge in [0.1, 0.15) is 6.54 Å². The Morgan fingerprint density at radius 2 is 1.63 bits per heavy atom. The first kappa shape index (κ1) is 21.4. The highest BCUT2D eigenvalue weighted by molar-refractivity contribution is 6.00. The van der Waals surface area contributed by atoms with Crippen molar-refractivity contribution in [3.05, 3.63) is 59.2 Å². The van der Waals surface area contributed by atoms with Gasteiger partial charge in [-0.25, -0.2) is 0 Å². The van der Waals surface area contributed by atoms with Crippen molar-refractivity contribution in [1.82, 2.24) is 5.32 Å². The number of carbonyl (C=O) groups excluding carboxylic acids is 3. The number of hydrogen-bond donors (Lipinski definition) is 1. The smallest absolute Gasteiger partial charge is 0.326 e. The molecular weight excluding hydrogens is 386 g/mol. The highest BCUT2D eigenvalue weighted by atomic mass is 16.7. The molecule has 158 valence electrons. The molecule has 0 aromatic heterocycles. The molecular formula is C23H25NO6. The number of rotatable bonds is 6. The van der Waals surface area contributed by atoms with Crippen molar-refractivity contribution < 1.29 is 28.6 Å². The summed E-state index contributed by atoms with van der Waals surface area (Å²) in [7, 11) is 0. The number of hydrogen-bond acceptors (Lipinski definition) is 6. The maximum Gasteiger partial charge on any atom is 0.326 e. The van der Waals surface area contributed by atoms with Gasteiger partial charge in [0.05, 0.1) is 0 Å². The third-order valence-corrected chi connectivity index (χ3v) is 4.74. The highest BCUT2D eigenvalue weighted by Crippen LogP contribution is 2.32. The Hall–Kier alpha value is -3.35. The van der Waals surface area contributed by atoms with E-state index in [1.165, 1.54) is 13.0 Å². The van der Waals surface area contributed by atoms with Gasteiger partial charge in [0.25, 0.3) is 5.91 Å². The van der Waals surface area contributed by atoms with Crippen molar-refractivity contribution in [2.75, 3.05) is 13.3 Å². The average molecular weight is 411 g/mol. The van der Waals surface area contributed by atoms with Crippen molar-refractivity contribution in [2.45, 2.75) is 39.2 Å². The SMILES string of the molecule is C[C@H](OC(=O)CNC(=O)c1ccc2c(c1)OCO2)C(=O)c1ccc(C(C)(C)C)cc1. The first-order valence-corrected chi connectivity index (χ1v) is 9.67. The number of ketones is 1. The predicted octanol–water partition coefficient (Wildman–Crippen LogP) is 3.26. The molecule has 0 fully saturated rings. The number of Topliss-reactive ketones (excluding diaryl/α,β-unsaturated/α-hetero) is 1. The monoisotopic (exact) mass is 411 g/mol. The van der Waals surface area contributed by atoms with Crippen LogP contribution < -0.4 is 14.8 Å². The van der Waals surface area contributed by atoms with Gasteiger partial charge in [0.2, 0.25) is 12.6 Å². The molecule has 0 aliphatic carbocycles. The van der Waals surface area contributed by atoms with Gasteiger partial charge in [0, 0.05) is 11.1 Å². The molecule has 2 aromatic carbocycles. The van der Waals surface area contributed by atoms with Crippen LogP contribution in [0.3, 0.4) is 0 Å². The molecule has 1 amide bonds. The summed E-state index contributed by atoms with van der Waals surface area (Å²) < 4.78 is 15.6. The number of esters is 1. The van der Waals surface area contributed by atoms with Crippen LogP contribution in [0.2, 0.25) is 0 Å². The van der Waals surface area contributed by atoms with Gasteiger partial charge in [-0.2, -0.15) is 0 Å². The summed E-state index contributed by atoms with van der Waals surface area (Å²) >= 11 is 0. The van der Waals surface area contributed by atoms with E-state index in [1.807, 2.05) is 12.1 Å². The number of fused-ring (bicyclic) bond motifs is 1. The lowest BCUT2D eigenvalue weighted by Gasteiger charge is -2.19. The van der Waals surface area contributed by atoms with Crippen LogP contribution in [0.25, 0.3) is 0 Å². The molecule has 0 saturated carbocycles. The minimum absolute atomic E-state index is 0.0180. The second-order valence-corrected chi connectivity index (χ2v) is 8.07. The normalized spacial score (nSPS) is 13.5. The van der Waals surface area contributed by atoms with Crippen molar-refractivity contribution in [2.24, 2.45) is 0 Å². The molecule has 7 nitrogen and oxygen atoms in total. The quantitative estimate of drug-likeness (QED) is 0.580. The van der Waals surface area contributed by atoms with Crippen LogP contribution in [-0.4, -0.2) is 37.1 Å². The Morgan fingerprint density at radius 3 is 2.30 bits per heavy atom. The first-order valence-electron chi connectivity index (χ1n) is 9.67. The van der Waals surface area contributed by atoms with Gasteiger partial charge in [-0.3, -0.25) is 14.4 Å². The minimum Gasteiger partial charge on any atom is -0.454 e. The van der Waals surface area contributed by atoms with Crippen LogP contribution in [0.15, 0.2) is 42.5 Å². The van der Waals surface area contributed by atoms with Crippen LogP contribution in [0, 0.1) is 0 Å². The van der Waals surface area contributed by atoms with Crippen molar-refractivity contribution in [3.8, 4) is 11.5 Å². The van der Waals surface area contributed by atoms with E-state index < -0.39 is 18.0 Å². The fourth-order valence-electron chi connectivity index (χ4n) is 2.95. The largest absolute Gasteiger partial charge is 0.454 e. The van der Waals surface area contributed by atoms with Gasteiger partial charge in [0.15, 0.2) is 17.6 Å². The van der Waals surface area contributed by atoms with E-state index in [4.69, 9.17) is 14.2 Å². The Labute approximate surface area is 175 Å². The maximum atomic E-state index is 12.5. The molecule has 1 heterocycles. The standard InChI is InChI=1S/C23H25NO6/c1-14(21(26)15-5-8-17(9-6-15)23(2,3)4)30-20(25)12-24-22(27)16-7-10-18-19(11-16)29-13-28-18/h5-11,14H,12-13H2,1-4H3,(H,24,27)/t14-/m0/s1. The van der Waals surface area contributed by atoms with E-state index in [0.29, 0.717) is 22.6 Å². The molecule has 1 aliphatic rings. The van der Waals surface area contributed by atoms with Gasteiger partial charge in [-0.1, -0.05) is 45.0 Å². The Balaban J connectivity index is 1.51. The van der Waals surface area contributed by atoms with E-state index in [0.717, 1.165) is 5.56 Å². The van der Waals surface area contributed by atoms with Crippen molar-refractivity contribution in [3.63, 3.8) is 0 Å². The van der Waals surface area contributed by atoms with E-state index in [2.05, 4.69) is 26.1 Å². The minimum atomic E-state index is -0.958. The summed E-state index contributed by atoms with van der Waals surface area (Å²) in [6, 6.07) is 12.0. The lowest BCUT2D eigenvalue weighted by Crippen LogP contribution is -2.34. The van der Waals surface area contributed by atoms with Crippen LogP contribution in [0.1, 0.15) is 54.0 Å². The van der Waals surface area contributed by atoms with Crippen LogP contribution in [-0.2, 0) is 14.9 Å². The third-order valence-electron chi connectivity index (χ3n) is 4.74. The average Bonchev–Trinajstić information content (AvgIpc) is 3.18. The Kier molecular flexibility index (Phi) is 6.10. The first-order chi connectivity index (χ1) is 14.1. The summed E-state index contributed by atoms with van der Waals surface area (Å²) in [6.45, 7) is 7.54. The van der Waals surface area contributed by atoms with Crippen LogP contribution in [0.5, 0.6) is 11.5 Å². The van der Waals surface area contributed by atoms with E-state index in [9.17, 15) is 14.4 Å². The molecule has 1 atom stereocenters. The zero-order valence-corrected chi connectivity index (χ0v) is 17.5. The number of ether oxygens (including phenoxy) is 3. The zero-order chi connectivity index (χ0) is 21.9.